The van der Waals surface area contributed by atoms with Crippen LogP contribution in [0.4, 0.5) is 11.6 Å². The molecule has 3 heterocycles. The summed E-state index contributed by atoms with van der Waals surface area (Å²) in [6.07, 6.45) is 6.33. The van der Waals surface area contributed by atoms with Gasteiger partial charge in [-0.1, -0.05) is 47.5 Å². The quantitative estimate of drug-likeness (QED) is 0.472. The van der Waals surface area contributed by atoms with Gasteiger partial charge >= 0.3 is 0 Å². The van der Waals surface area contributed by atoms with Gasteiger partial charge in [-0.15, -0.1) is 0 Å². The molecular weight excluding hydrogens is 386 g/mol. The summed E-state index contributed by atoms with van der Waals surface area (Å²) < 4.78 is 6.01. The fourth-order valence-electron chi connectivity index (χ4n) is 3.98. The maximum atomic E-state index is 6.01. The second-order valence-corrected chi connectivity index (χ2v) is 8.58. The molecule has 0 radical (unpaired) electrons. The Morgan fingerprint density at radius 1 is 1.06 bits per heavy atom. The van der Waals surface area contributed by atoms with E-state index in [1.807, 2.05) is 7.05 Å². The van der Waals surface area contributed by atoms with E-state index in [0.29, 0.717) is 24.2 Å². The van der Waals surface area contributed by atoms with E-state index in [0.717, 1.165) is 61.5 Å². The van der Waals surface area contributed by atoms with E-state index < -0.39 is 0 Å². The molecule has 6 nitrogen and oxygen atoms in total. The summed E-state index contributed by atoms with van der Waals surface area (Å²) in [5.74, 6) is 2.75. The van der Waals surface area contributed by atoms with Gasteiger partial charge in [0.05, 0.1) is 18.0 Å². The summed E-state index contributed by atoms with van der Waals surface area (Å²) in [4.78, 5) is 17.5. The van der Waals surface area contributed by atoms with E-state index in [1.165, 1.54) is 24.1 Å². The van der Waals surface area contributed by atoms with Crippen molar-refractivity contribution >= 4 is 11.6 Å². The molecule has 0 unspecified atom stereocenters. The number of hydrogen-bond donors (Lipinski definition) is 1. The summed E-state index contributed by atoms with van der Waals surface area (Å²) in [6, 6.07) is 2.31. The van der Waals surface area contributed by atoms with Crippen molar-refractivity contribution in [3.05, 3.63) is 23.0 Å². The molecular formula is C25H39N5O. The highest BCUT2D eigenvalue weighted by Gasteiger charge is 2.26. The van der Waals surface area contributed by atoms with Crippen LogP contribution in [0.25, 0.3) is 11.3 Å². The number of nitrogens with zero attached hydrogens (tertiary/aromatic N) is 4. The van der Waals surface area contributed by atoms with Crippen LogP contribution in [0.15, 0.2) is 6.07 Å². The van der Waals surface area contributed by atoms with Crippen LogP contribution in [0.2, 0.25) is 0 Å². The molecule has 0 atom stereocenters. The lowest BCUT2D eigenvalue weighted by Crippen LogP contribution is -2.38. The van der Waals surface area contributed by atoms with Crippen molar-refractivity contribution in [2.75, 3.05) is 37.0 Å². The SMILES string of the molecule is CCCCCOc1nc(CC)c(-c2cc(CC)c(C(C)C)nc2N2CCC2)nc1NC. The van der Waals surface area contributed by atoms with Crippen molar-refractivity contribution in [1.82, 2.24) is 15.0 Å². The highest BCUT2D eigenvalue weighted by molar-refractivity contribution is 5.78. The first-order chi connectivity index (χ1) is 15.0. The first-order valence-corrected chi connectivity index (χ1v) is 12.0. The number of aryl methyl sites for hydroxylation is 2. The smallest absolute Gasteiger partial charge is 0.257 e. The lowest BCUT2D eigenvalue weighted by molar-refractivity contribution is 0.294. The summed E-state index contributed by atoms with van der Waals surface area (Å²) in [6.45, 7) is 13.8. The van der Waals surface area contributed by atoms with Crippen LogP contribution in [0.3, 0.4) is 0 Å². The molecule has 0 aliphatic carbocycles. The van der Waals surface area contributed by atoms with Crippen LogP contribution >= 0.6 is 0 Å². The van der Waals surface area contributed by atoms with Crippen molar-refractivity contribution in [2.45, 2.75) is 79.1 Å². The van der Waals surface area contributed by atoms with Crippen molar-refractivity contribution in [3.63, 3.8) is 0 Å². The summed E-state index contributed by atoms with van der Waals surface area (Å²) in [7, 11) is 1.88. The van der Waals surface area contributed by atoms with Crippen molar-refractivity contribution in [3.8, 4) is 17.1 Å². The number of pyridine rings is 1. The van der Waals surface area contributed by atoms with Gasteiger partial charge in [0.15, 0.2) is 5.82 Å². The van der Waals surface area contributed by atoms with E-state index in [4.69, 9.17) is 19.7 Å². The largest absolute Gasteiger partial charge is 0.475 e. The van der Waals surface area contributed by atoms with E-state index in [-0.39, 0.29) is 0 Å². The van der Waals surface area contributed by atoms with Crippen molar-refractivity contribution in [2.24, 2.45) is 0 Å². The number of nitrogens with one attached hydrogen (secondary N) is 1. The first-order valence-electron chi connectivity index (χ1n) is 12.0. The Balaban J connectivity index is 2.09. The molecule has 1 aliphatic rings. The average Bonchev–Trinajstić information content (AvgIpc) is 2.74. The summed E-state index contributed by atoms with van der Waals surface area (Å²) >= 11 is 0. The third-order valence-electron chi connectivity index (χ3n) is 5.95. The van der Waals surface area contributed by atoms with Crippen LogP contribution in [0.1, 0.15) is 83.2 Å². The van der Waals surface area contributed by atoms with Gasteiger partial charge in [-0.25, -0.2) is 15.0 Å². The average molecular weight is 426 g/mol. The fourth-order valence-corrected chi connectivity index (χ4v) is 3.98. The Morgan fingerprint density at radius 2 is 1.84 bits per heavy atom. The molecule has 1 aliphatic heterocycles. The van der Waals surface area contributed by atoms with Crippen molar-refractivity contribution < 1.29 is 4.74 Å². The van der Waals surface area contributed by atoms with Crippen LogP contribution in [-0.2, 0) is 12.8 Å². The second-order valence-electron chi connectivity index (χ2n) is 8.58. The predicted octanol–water partition coefficient (Wildman–Crippen LogP) is 5.61. The van der Waals surface area contributed by atoms with Gasteiger partial charge < -0.3 is 15.0 Å². The topological polar surface area (TPSA) is 63.2 Å². The Morgan fingerprint density at radius 3 is 2.39 bits per heavy atom. The molecule has 0 amide bonds. The lowest BCUT2D eigenvalue weighted by atomic mass is 9.97. The second kappa shape index (κ2) is 10.8. The Labute approximate surface area is 187 Å². The number of anilines is 2. The molecule has 0 bridgehead atoms. The van der Waals surface area contributed by atoms with E-state index in [2.05, 4.69) is 50.9 Å². The molecule has 1 fully saturated rings. The first kappa shape index (κ1) is 23.3. The molecule has 170 valence electrons. The van der Waals surface area contributed by atoms with Crippen molar-refractivity contribution in [1.29, 1.82) is 0 Å². The summed E-state index contributed by atoms with van der Waals surface area (Å²) in [5.41, 5.74) is 5.48. The van der Waals surface area contributed by atoms with E-state index >= 15 is 0 Å². The molecule has 1 saturated heterocycles. The number of ether oxygens (including phenoxy) is 1. The molecule has 3 rings (SSSR count). The van der Waals surface area contributed by atoms with Crippen LogP contribution < -0.4 is 15.0 Å². The third-order valence-corrected chi connectivity index (χ3v) is 5.95. The van der Waals surface area contributed by atoms with Crippen LogP contribution in [0.5, 0.6) is 5.88 Å². The number of rotatable bonds is 11. The zero-order chi connectivity index (χ0) is 22.4. The van der Waals surface area contributed by atoms with Gasteiger partial charge in [-0.2, -0.15) is 0 Å². The maximum Gasteiger partial charge on any atom is 0.257 e. The maximum absolute atomic E-state index is 6.01. The molecule has 0 aromatic carbocycles. The molecule has 2 aromatic heterocycles. The molecule has 0 spiro atoms. The zero-order valence-electron chi connectivity index (χ0n) is 20.2. The fraction of sp³-hybridized carbons (Fsp3) is 0.640. The van der Waals surface area contributed by atoms with Crippen LogP contribution in [-0.4, -0.2) is 41.7 Å². The minimum Gasteiger partial charge on any atom is -0.475 e. The molecule has 0 saturated carbocycles. The Hall–Kier alpha value is -2.37. The van der Waals surface area contributed by atoms with E-state index in [9.17, 15) is 0 Å². The molecule has 1 N–H and O–H groups in total. The molecule has 31 heavy (non-hydrogen) atoms. The van der Waals surface area contributed by atoms with Gasteiger partial charge in [0.25, 0.3) is 5.88 Å². The number of hydrogen-bond acceptors (Lipinski definition) is 6. The minimum absolute atomic E-state index is 0.396. The number of aromatic nitrogens is 3. The monoisotopic (exact) mass is 425 g/mol. The standard InChI is InChI=1S/C25H39N5O/c1-7-10-11-15-31-25-23(26-6)28-22(20(9-3)27-25)19-16-18(8-2)21(17(4)5)29-24(19)30-13-12-14-30/h16-17H,7-15H2,1-6H3,(H,26,28). The highest BCUT2D eigenvalue weighted by atomic mass is 16.5. The van der Waals surface area contributed by atoms with Gasteiger partial charge in [-0.3, -0.25) is 0 Å². The van der Waals surface area contributed by atoms with E-state index in [1.54, 1.807) is 0 Å². The Kier molecular flexibility index (Phi) is 8.10. The molecule has 6 heteroatoms. The predicted molar refractivity (Wildman–Crippen MR) is 130 cm³/mol. The van der Waals surface area contributed by atoms with Crippen LogP contribution in [0, 0.1) is 0 Å². The lowest BCUT2D eigenvalue weighted by Gasteiger charge is -2.34. The summed E-state index contributed by atoms with van der Waals surface area (Å²) in [5, 5.41) is 3.20. The van der Waals surface area contributed by atoms with Gasteiger partial charge in [-0.05, 0) is 43.2 Å². The van der Waals surface area contributed by atoms with Gasteiger partial charge in [0.1, 0.15) is 5.82 Å². The third kappa shape index (κ3) is 5.10. The Bertz CT molecular complexity index is 877. The zero-order valence-corrected chi connectivity index (χ0v) is 20.2. The highest BCUT2D eigenvalue weighted by Crippen LogP contribution is 2.37. The van der Waals surface area contributed by atoms with Gasteiger partial charge in [0.2, 0.25) is 0 Å². The van der Waals surface area contributed by atoms with Gasteiger partial charge in [0, 0.05) is 31.4 Å². The normalized spacial score (nSPS) is 13.5. The number of unbranched alkanes of at least 4 members (excludes halogenated alkanes) is 2. The minimum atomic E-state index is 0.396. The molecule has 2 aromatic rings.